The first kappa shape index (κ1) is 16.0. The summed E-state index contributed by atoms with van der Waals surface area (Å²) >= 11 is 0. The van der Waals surface area contributed by atoms with Crippen LogP contribution in [0.1, 0.15) is 44.8 Å². The van der Waals surface area contributed by atoms with E-state index in [-0.39, 0.29) is 11.6 Å². The van der Waals surface area contributed by atoms with Crippen LogP contribution in [0.2, 0.25) is 0 Å². The van der Waals surface area contributed by atoms with Crippen molar-refractivity contribution in [3.63, 3.8) is 0 Å². The molecule has 6 heteroatoms. The van der Waals surface area contributed by atoms with Gasteiger partial charge in [0.05, 0.1) is 32.1 Å². The third kappa shape index (κ3) is 3.44. The van der Waals surface area contributed by atoms with Gasteiger partial charge in [0.1, 0.15) is 5.69 Å². The Morgan fingerprint density at radius 1 is 1.43 bits per heavy atom. The Bertz CT molecular complexity index is 461. The highest BCUT2D eigenvalue weighted by Gasteiger charge is 2.41. The molecule has 0 amide bonds. The Morgan fingerprint density at radius 3 is 2.81 bits per heavy atom. The SMILES string of the molecule is CCCNC(c1ncc(OC)nc1OC)C1(C)CCCO1. The third-order valence-corrected chi connectivity index (χ3v) is 3.88. The molecule has 21 heavy (non-hydrogen) atoms. The van der Waals surface area contributed by atoms with Crippen molar-refractivity contribution in [1.82, 2.24) is 15.3 Å². The topological polar surface area (TPSA) is 65.5 Å². The maximum Gasteiger partial charge on any atom is 0.240 e. The molecule has 2 rings (SSSR count). The van der Waals surface area contributed by atoms with Crippen LogP contribution >= 0.6 is 0 Å². The quantitative estimate of drug-likeness (QED) is 0.831. The molecule has 0 aromatic carbocycles. The van der Waals surface area contributed by atoms with Gasteiger partial charge in [-0.05, 0) is 32.7 Å². The summed E-state index contributed by atoms with van der Waals surface area (Å²) in [7, 11) is 3.17. The number of nitrogens with one attached hydrogen (secondary N) is 1. The molecule has 1 aromatic rings. The van der Waals surface area contributed by atoms with E-state index < -0.39 is 0 Å². The summed E-state index contributed by atoms with van der Waals surface area (Å²) in [6.45, 7) is 5.94. The van der Waals surface area contributed by atoms with Crippen LogP contribution in [-0.4, -0.2) is 42.9 Å². The molecule has 6 nitrogen and oxygen atoms in total. The first-order valence-electron chi connectivity index (χ1n) is 7.47. The van der Waals surface area contributed by atoms with Gasteiger partial charge in [0.25, 0.3) is 0 Å². The maximum absolute atomic E-state index is 5.99. The zero-order valence-electron chi connectivity index (χ0n) is 13.3. The van der Waals surface area contributed by atoms with E-state index in [4.69, 9.17) is 14.2 Å². The van der Waals surface area contributed by atoms with E-state index in [0.717, 1.165) is 38.1 Å². The maximum atomic E-state index is 5.99. The van der Waals surface area contributed by atoms with Crippen LogP contribution in [0.5, 0.6) is 11.8 Å². The molecule has 0 aliphatic carbocycles. The molecule has 1 aliphatic heterocycles. The second kappa shape index (κ2) is 7.04. The van der Waals surface area contributed by atoms with Gasteiger partial charge >= 0.3 is 0 Å². The van der Waals surface area contributed by atoms with E-state index in [1.54, 1.807) is 20.4 Å². The molecule has 0 saturated carbocycles. The molecule has 1 aromatic heterocycles. The van der Waals surface area contributed by atoms with Crippen LogP contribution in [0, 0.1) is 0 Å². The van der Waals surface area contributed by atoms with Gasteiger partial charge in [-0.1, -0.05) is 6.92 Å². The highest BCUT2D eigenvalue weighted by molar-refractivity contribution is 5.28. The molecule has 1 fully saturated rings. The lowest BCUT2D eigenvalue weighted by Crippen LogP contribution is -2.42. The van der Waals surface area contributed by atoms with Crippen molar-refractivity contribution in [2.45, 2.75) is 44.8 Å². The average Bonchev–Trinajstić information content (AvgIpc) is 2.95. The number of methoxy groups -OCH3 is 2. The van der Waals surface area contributed by atoms with Crippen LogP contribution in [-0.2, 0) is 4.74 Å². The molecule has 0 radical (unpaired) electrons. The van der Waals surface area contributed by atoms with Crippen LogP contribution in [0.25, 0.3) is 0 Å². The molecule has 0 bridgehead atoms. The van der Waals surface area contributed by atoms with Gasteiger partial charge in [-0.3, -0.25) is 0 Å². The number of aromatic nitrogens is 2. The van der Waals surface area contributed by atoms with Crippen molar-refractivity contribution in [1.29, 1.82) is 0 Å². The summed E-state index contributed by atoms with van der Waals surface area (Å²) in [6, 6.07) is -0.0479. The van der Waals surface area contributed by atoms with Gasteiger partial charge in [-0.25, -0.2) is 4.98 Å². The Morgan fingerprint density at radius 2 is 2.24 bits per heavy atom. The van der Waals surface area contributed by atoms with Gasteiger partial charge in [0, 0.05) is 6.61 Å². The fourth-order valence-corrected chi connectivity index (χ4v) is 2.73. The molecule has 2 heterocycles. The molecule has 1 N–H and O–H groups in total. The van der Waals surface area contributed by atoms with E-state index in [2.05, 4.69) is 29.1 Å². The van der Waals surface area contributed by atoms with Crippen molar-refractivity contribution in [2.24, 2.45) is 0 Å². The largest absolute Gasteiger partial charge is 0.480 e. The van der Waals surface area contributed by atoms with Crippen molar-refractivity contribution in [3.8, 4) is 11.8 Å². The zero-order chi connectivity index (χ0) is 15.3. The third-order valence-electron chi connectivity index (χ3n) is 3.88. The standard InChI is InChI=1S/C15H25N3O3/c1-5-8-16-13(15(2)7-6-9-21-15)12-14(20-4)18-11(19-3)10-17-12/h10,13,16H,5-9H2,1-4H3. The number of rotatable bonds is 7. The zero-order valence-corrected chi connectivity index (χ0v) is 13.3. The minimum absolute atomic E-state index is 0.0479. The van der Waals surface area contributed by atoms with Gasteiger partial charge in [-0.2, -0.15) is 4.98 Å². The van der Waals surface area contributed by atoms with E-state index in [0.29, 0.717) is 11.8 Å². The van der Waals surface area contributed by atoms with E-state index >= 15 is 0 Å². The first-order chi connectivity index (χ1) is 10.1. The van der Waals surface area contributed by atoms with Gasteiger partial charge in [0.15, 0.2) is 0 Å². The summed E-state index contributed by atoms with van der Waals surface area (Å²) in [5, 5.41) is 3.53. The van der Waals surface area contributed by atoms with Gasteiger partial charge in [-0.15, -0.1) is 0 Å². The summed E-state index contributed by atoms with van der Waals surface area (Å²) in [4.78, 5) is 8.85. The van der Waals surface area contributed by atoms with Gasteiger partial charge < -0.3 is 19.5 Å². The first-order valence-corrected chi connectivity index (χ1v) is 7.47. The highest BCUT2D eigenvalue weighted by Crippen LogP contribution is 2.39. The van der Waals surface area contributed by atoms with Crippen LogP contribution < -0.4 is 14.8 Å². The molecule has 2 unspecified atom stereocenters. The Hall–Kier alpha value is -1.40. The normalized spacial score (nSPS) is 23.0. The monoisotopic (exact) mass is 295 g/mol. The Labute approximate surface area is 126 Å². The Balaban J connectivity index is 2.35. The smallest absolute Gasteiger partial charge is 0.240 e. The lowest BCUT2D eigenvalue weighted by Gasteiger charge is -2.34. The molecule has 1 saturated heterocycles. The molecule has 118 valence electrons. The van der Waals surface area contributed by atoms with Crippen LogP contribution in [0.15, 0.2) is 6.20 Å². The van der Waals surface area contributed by atoms with E-state index in [1.165, 1.54) is 0 Å². The van der Waals surface area contributed by atoms with Crippen molar-refractivity contribution in [2.75, 3.05) is 27.4 Å². The predicted molar refractivity (Wildman–Crippen MR) is 79.8 cm³/mol. The lowest BCUT2D eigenvalue weighted by molar-refractivity contribution is -0.0144. The molecule has 2 atom stereocenters. The summed E-state index contributed by atoms with van der Waals surface area (Å²) in [5.74, 6) is 0.932. The molecule has 1 aliphatic rings. The summed E-state index contributed by atoms with van der Waals surface area (Å²) in [5.41, 5.74) is 0.488. The summed E-state index contributed by atoms with van der Waals surface area (Å²) < 4.78 is 16.5. The Kier molecular flexibility index (Phi) is 5.36. The minimum atomic E-state index is -0.286. The minimum Gasteiger partial charge on any atom is -0.480 e. The average molecular weight is 295 g/mol. The second-order valence-electron chi connectivity index (χ2n) is 5.46. The van der Waals surface area contributed by atoms with E-state index in [9.17, 15) is 0 Å². The van der Waals surface area contributed by atoms with E-state index in [1.807, 2.05) is 0 Å². The molecular formula is C15H25N3O3. The van der Waals surface area contributed by atoms with Crippen LogP contribution in [0.3, 0.4) is 0 Å². The number of hydrogen-bond acceptors (Lipinski definition) is 6. The second-order valence-corrected chi connectivity index (χ2v) is 5.46. The predicted octanol–water partition coefficient (Wildman–Crippen LogP) is 2.10. The lowest BCUT2D eigenvalue weighted by atomic mass is 9.90. The van der Waals surface area contributed by atoms with Crippen molar-refractivity contribution in [3.05, 3.63) is 11.9 Å². The summed E-state index contributed by atoms with van der Waals surface area (Å²) in [6.07, 6.45) is 4.72. The van der Waals surface area contributed by atoms with Crippen molar-refractivity contribution < 1.29 is 14.2 Å². The van der Waals surface area contributed by atoms with Crippen molar-refractivity contribution >= 4 is 0 Å². The number of hydrogen-bond donors (Lipinski definition) is 1. The van der Waals surface area contributed by atoms with Crippen LogP contribution in [0.4, 0.5) is 0 Å². The highest BCUT2D eigenvalue weighted by atomic mass is 16.5. The fraction of sp³-hybridized carbons (Fsp3) is 0.733. The number of nitrogens with zero attached hydrogens (tertiary/aromatic N) is 2. The van der Waals surface area contributed by atoms with Gasteiger partial charge in [0.2, 0.25) is 11.8 Å². The molecule has 0 spiro atoms. The molecular weight excluding hydrogens is 270 g/mol. The number of ether oxygens (including phenoxy) is 3. The fourth-order valence-electron chi connectivity index (χ4n) is 2.73.